The van der Waals surface area contributed by atoms with E-state index < -0.39 is 0 Å². The molecule has 0 aromatic heterocycles. The minimum atomic E-state index is 0.410. The molecule has 2 rings (SSSR count). The molecule has 0 spiro atoms. The third-order valence-corrected chi connectivity index (χ3v) is 5.64. The van der Waals surface area contributed by atoms with Crippen LogP contribution < -0.4 is 5.32 Å². The first-order chi connectivity index (χ1) is 7.55. The number of nitrogens with one attached hydrogen (secondary N) is 1. The fraction of sp³-hybridized carbons (Fsp3) is 1.00. The summed E-state index contributed by atoms with van der Waals surface area (Å²) in [5, 5.41) is 3.47. The lowest BCUT2D eigenvalue weighted by molar-refractivity contribution is 0.111. The molecule has 2 bridgehead atoms. The van der Waals surface area contributed by atoms with Gasteiger partial charge in [0.15, 0.2) is 0 Å². The molecular formula is C13H26N2S. The SMILES string of the molecule is CNC1CC2CCC(C1)N2CC(C)(C)SC. The minimum absolute atomic E-state index is 0.410. The largest absolute Gasteiger partial charge is 0.317 e. The van der Waals surface area contributed by atoms with Crippen LogP contribution >= 0.6 is 11.8 Å². The average molecular weight is 242 g/mol. The van der Waals surface area contributed by atoms with E-state index in [1.54, 1.807) is 0 Å². The van der Waals surface area contributed by atoms with E-state index in [2.05, 4.69) is 37.4 Å². The molecule has 2 atom stereocenters. The maximum atomic E-state index is 3.47. The Morgan fingerprint density at radius 2 is 1.81 bits per heavy atom. The monoisotopic (exact) mass is 242 g/mol. The van der Waals surface area contributed by atoms with Crippen LogP contribution in [-0.2, 0) is 0 Å². The molecule has 2 unspecified atom stereocenters. The van der Waals surface area contributed by atoms with Gasteiger partial charge in [-0.05, 0) is 52.8 Å². The number of rotatable bonds is 4. The van der Waals surface area contributed by atoms with Gasteiger partial charge in [-0.1, -0.05) is 0 Å². The molecule has 16 heavy (non-hydrogen) atoms. The molecule has 0 saturated carbocycles. The normalized spacial score (nSPS) is 35.6. The molecule has 0 radical (unpaired) electrons. The third kappa shape index (κ3) is 2.57. The number of thioether (sulfide) groups is 1. The number of piperidine rings is 1. The van der Waals surface area contributed by atoms with Crippen LogP contribution in [0.4, 0.5) is 0 Å². The summed E-state index contributed by atoms with van der Waals surface area (Å²) in [6.07, 6.45) is 7.80. The molecule has 0 amide bonds. The van der Waals surface area contributed by atoms with Crippen LogP contribution in [0.1, 0.15) is 39.5 Å². The van der Waals surface area contributed by atoms with Gasteiger partial charge in [-0.15, -0.1) is 0 Å². The van der Waals surface area contributed by atoms with Crippen molar-refractivity contribution >= 4 is 11.8 Å². The zero-order chi connectivity index (χ0) is 11.8. The molecule has 2 fully saturated rings. The Kier molecular flexibility index (Phi) is 3.87. The Morgan fingerprint density at radius 1 is 1.25 bits per heavy atom. The number of fused-ring (bicyclic) bond motifs is 2. The van der Waals surface area contributed by atoms with Crippen LogP contribution in [0.15, 0.2) is 0 Å². The van der Waals surface area contributed by atoms with Crippen LogP contribution in [-0.4, -0.2) is 47.6 Å². The van der Waals surface area contributed by atoms with E-state index >= 15 is 0 Å². The molecule has 3 heteroatoms. The average Bonchev–Trinajstić information content (AvgIpc) is 2.52. The summed E-state index contributed by atoms with van der Waals surface area (Å²) >= 11 is 2.00. The van der Waals surface area contributed by atoms with Crippen molar-refractivity contribution in [3.63, 3.8) is 0 Å². The molecule has 2 saturated heterocycles. The van der Waals surface area contributed by atoms with Crippen LogP contribution in [0.3, 0.4) is 0 Å². The van der Waals surface area contributed by atoms with Gasteiger partial charge in [0.1, 0.15) is 0 Å². The maximum absolute atomic E-state index is 3.47. The Bertz CT molecular complexity index is 228. The van der Waals surface area contributed by atoms with E-state index in [9.17, 15) is 0 Å². The number of hydrogen-bond donors (Lipinski definition) is 1. The topological polar surface area (TPSA) is 15.3 Å². The molecule has 2 aliphatic heterocycles. The zero-order valence-corrected chi connectivity index (χ0v) is 11.9. The first kappa shape index (κ1) is 12.7. The van der Waals surface area contributed by atoms with E-state index in [-0.39, 0.29) is 0 Å². The lowest BCUT2D eigenvalue weighted by atomic mass is 9.96. The van der Waals surface area contributed by atoms with E-state index in [0.717, 1.165) is 18.1 Å². The number of nitrogens with zero attached hydrogens (tertiary/aromatic N) is 1. The molecule has 0 aliphatic carbocycles. The number of hydrogen-bond acceptors (Lipinski definition) is 3. The highest BCUT2D eigenvalue weighted by Crippen LogP contribution is 2.38. The molecular weight excluding hydrogens is 216 g/mol. The highest BCUT2D eigenvalue weighted by molar-refractivity contribution is 7.99. The summed E-state index contributed by atoms with van der Waals surface area (Å²) in [4.78, 5) is 2.80. The van der Waals surface area contributed by atoms with Crippen molar-refractivity contribution in [1.29, 1.82) is 0 Å². The van der Waals surface area contributed by atoms with Crippen LogP contribution in [0, 0.1) is 0 Å². The van der Waals surface area contributed by atoms with Gasteiger partial charge in [0.25, 0.3) is 0 Å². The van der Waals surface area contributed by atoms with Crippen molar-refractivity contribution in [1.82, 2.24) is 10.2 Å². The molecule has 94 valence electrons. The van der Waals surface area contributed by atoms with E-state index in [0.29, 0.717) is 4.75 Å². The van der Waals surface area contributed by atoms with Crippen LogP contribution in [0.2, 0.25) is 0 Å². The van der Waals surface area contributed by atoms with Gasteiger partial charge < -0.3 is 5.32 Å². The second kappa shape index (κ2) is 4.87. The van der Waals surface area contributed by atoms with Crippen molar-refractivity contribution < 1.29 is 0 Å². The van der Waals surface area contributed by atoms with Gasteiger partial charge in [0.05, 0.1) is 0 Å². The Morgan fingerprint density at radius 3 is 2.25 bits per heavy atom. The standard InChI is InChI=1S/C13H26N2S/c1-13(2,16-4)9-15-11-5-6-12(15)8-10(7-11)14-3/h10-12,14H,5-9H2,1-4H3. The van der Waals surface area contributed by atoms with Gasteiger partial charge in [0, 0.05) is 29.4 Å². The highest BCUT2D eigenvalue weighted by Gasteiger charge is 2.41. The summed E-state index contributed by atoms with van der Waals surface area (Å²) in [6, 6.07) is 2.47. The van der Waals surface area contributed by atoms with Gasteiger partial charge in [-0.25, -0.2) is 0 Å². The van der Waals surface area contributed by atoms with Crippen molar-refractivity contribution in [2.24, 2.45) is 0 Å². The summed E-state index contributed by atoms with van der Waals surface area (Å²) in [5.74, 6) is 0. The smallest absolute Gasteiger partial charge is 0.0228 e. The molecule has 2 heterocycles. The first-order valence-electron chi connectivity index (χ1n) is 6.54. The lowest BCUT2D eigenvalue weighted by Gasteiger charge is -2.42. The fourth-order valence-corrected chi connectivity index (χ4v) is 3.55. The van der Waals surface area contributed by atoms with Gasteiger partial charge in [-0.2, -0.15) is 11.8 Å². The molecule has 0 aromatic carbocycles. The Labute approximate surface area is 105 Å². The predicted molar refractivity (Wildman–Crippen MR) is 73.2 cm³/mol. The van der Waals surface area contributed by atoms with Crippen LogP contribution in [0.25, 0.3) is 0 Å². The predicted octanol–water partition coefficient (Wildman–Crippen LogP) is 2.34. The quantitative estimate of drug-likeness (QED) is 0.814. The summed E-state index contributed by atoms with van der Waals surface area (Å²) in [5.41, 5.74) is 0. The van der Waals surface area contributed by atoms with Gasteiger partial charge in [-0.3, -0.25) is 4.90 Å². The summed E-state index contributed by atoms with van der Waals surface area (Å²) in [7, 11) is 2.12. The lowest BCUT2D eigenvalue weighted by Crippen LogP contribution is -2.51. The van der Waals surface area contributed by atoms with E-state index in [1.807, 2.05) is 11.8 Å². The second-order valence-electron chi connectivity index (χ2n) is 5.98. The van der Waals surface area contributed by atoms with Gasteiger partial charge >= 0.3 is 0 Å². The Hall–Kier alpha value is 0.270. The third-order valence-electron chi connectivity index (χ3n) is 4.41. The van der Waals surface area contributed by atoms with E-state index in [4.69, 9.17) is 0 Å². The van der Waals surface area contributed by atoms with Crippen molar-refractivity contribution in [2.75, 3.05) is 19.8 Å². The van der Waals surface area contributed by atoms with E-state index in [1.165, 1.54) is 32.2 Å². The zero-order valence-electron chi connectivity index (χ0n) is 11.1. The highest BCUT2D eigenvalue weighted by atomic mass is 32.2. The van der Waals surface area contributed by atoms with Crippen molar-refractivity contribution in [2.45, 2.75) is 62.4 Å². The minimum Gasteiger partial charge on any atom is -0.317 e. The molecule has 2 aliphatic rings. The Balaban J connectivity index is 1.98. The van der Waals surface area contributed by atoms with Gasteiger partial charge in [0.2, 0.25) is 0 Å². The fourth-order valence-electron chi connectivity index (χ4n) is 3.27. The molecule has 2 nitrogen and oxygen atoms in total. The van der Waals surface area contributed by atoms with Crippen molar-refractivity contribution in [3.8, 4) is 0 Å². The second-order valence-corrected chi connectivity index (χ2v) is 7.49. The summed E-state index contributed by atoms with van der Waals surface area (Å²) < 4.78 is 0.410. The molecule has 0 aromatic rings. The van der Waals surface area contributed by atoms with Crippen LogP contribution in [0.5, 0.6) is 0 Å². The first-order valence-corrected chi connectivity index (χ1v) is 7.76. The summed E-state index contributed by atoms with van der Waals surface area (Å²) in [6.45, 7) is 6.02. The molecule has 1 N–H and O–H groups in total. The maximum Gasteiger partial charge on any atom is 0.0228 e. The van der Waals surface area contributed by atoms with Crippen molar-refractivity contribution in [3.05, 3.63) is 0 Å².